The van der Waals surface area contributed by atoms with Crippen LogP contribution in [0.15, 0.2) is 48.5 Å². The van der Waals surface area contributed by atoms with E-state index in [4.69, 9.17) is 4.74 Å². The molecule has 0 aliphatic heterocycles. The molecule has 1 aliphatic rings. The Morgan fingerprint density at radius 1 is 0.969 bits per heavy atom. The van der Waals surface area contributed by atoms with Crippen LogP contribution in [0.1, 0.15) is 56.6 Å². The maximum Gasteiger partial charge on any atom is 0.407 e. The first-order valence-electron chi connectivity index (χ1n) is 11.1. The highest BCUT2D eigenvalue weighted by molar-refractivity contribution is 5.84. The van der Waals surface area contributed by atoms with Gasteiger partial charge in [-0.1, -0.05) is 68.8 Å². The Morgan fingerprint density at radius 3 is 2.09 bits per heavy atom. The lowest BCUT2D eigenvalue weighted by molar-refractivity contribution is -0.142. The van der Waals surface area contributed by atoms with E-state index in [1.54, 1.807) is 0 Å². The Labute approximate surface area is 188 Å². The molecule has 3 N–H and O–H groups in total. The lowest BCUT2D eigenvalue weighted by atomic mass is 9.98. The average molecular weight is 439 g/mol. The third-order valence-corrected chi connectivity index (χ3v) is 5.80. The monoisotopic (exact) mass is 438 g/mol. The molecule has 0 saturated carbocycles. The first-order chi connectivity index (χ1) is 15.4. The number of carboxylic acids is 1. The number of fused-ring (bicyclic) bond motifs is 3. The minimum Gasteiger partial charge on any atom is -0.480 e. The van der Waals surface area contributed by atoms with E-state index in [9.17, 15) is 19.5 Å². The molecule has 7 heteroatoms. The van der Waals surface area contributed by atoms with Crippen LogP contribution in [0.4, 0.5) is 4.79 Å². The van der Waals surface area contributed by atoms with Gasteiger partial charge in [-0.2, -0.15) is 0 Å². The molecule has 2 amide bonds. The summed E-state index contributed by atoms with van der Waals surface area (Å²) in [5.41, 5.74) is 4.56. The molecule has 0 spiro atoms. The van der Waals surface area contributed by atoms with Gasteiger partial charge in [-0.25, -0.2) is 9.59 Å². The van der Waals surface area contributed by atoms with Crippen molar-refractivity contribution in [3.05, 3.63) is 59.7 Å². The van der Waals surface area contributed by atoms with Gasteiger partial charge < -0.3 is 20.5 Å². The summed E-state index contributed by atoms with van der Waals surface area (Å²) < 4.78 is 5.54. The van der Waals surface area contributed by atoms with E-state index in [1.807, 2.05) is 38.1 Å². The van der Waals surface area contributed by atoms with Gasteiger partial charge in [0.25, 0.3) is 0 Å². The summed E-state index contributed by atoms with van der Waals surface area (Å²) >= 11 is 0. The molecule has 0 heterocycles. The second-order valence-electron chi connectivity index (χ2n) is 8.03. The summed E-state index contributed by atoms with van der Waals surface area (Å²) in [5, 5.41) is 14.5. The number of amides is 2. The van der Waals surface area contributed by atoms with Crippen LogP contribution in [0.3, 0.4) is 0 Å². The summed E-state index contributed by atoms with van der Waals surface area (Å²) in [5.74, 6) is -1.50. The van der Waals surface area contributed by atoms with Crippen molar-refractivity contribution in [2.45, 2.75) is 57.5 Å². The van der Waals surface area contributed by atoms with Crippen molar-refractivity contribution in [3.63, 3.8) is 0 Å². The molecular formula is C25H30N2O5. The molecule has 2 aromatic rings. The molecule has 1 aliphatic carbocycles. The number of ether oxygens (including phenoxy) is 1. The number of carbonyl (C=O) groups excluding carboxylic acids is 2. The molecule has 1 unspecified atom stereocenters. The number of aliphatic carboxylic acids is 1. The SMILES string of the molecule is CCC[C@H](NC(=O)CC(CC)NC(=O)OCC1c2ccccc2-c2ccccc21)C(=O)O. The average Bonchev–Trinajstić information content (AvgIpc) is 3.10. The van der Waals surface area contributed by atoms with E-state index in [0.717, 1.165) is 22.3 Å². The number of nitrogens with one attached hydrogen (secondary N) is 2. The van der Waals surface area contributed by atoms with Crippen LogP contribution < -0.4 is 10.6 Å². The van der Waals surface area contributed by atoms with Crippen LogP contribution in [0, 0.1) is 0 Å². The zero-order valence-electron chi connectivity index (χ0n) is 18.5. The summed E-state index contributed by atoms with van der Waals surface area (Å²) in [6.45, 7) is 3.90. The molecule has 3 rings (SSSR count). The van der Waals surface area contributed by atoms with Crippen molar-refractivity contribution in [1.29, 1.82) is 0 Å². The quantitative estimate of drug-likeness (QED) is 0.519. The van der Waals surface area contributed by atoms with E-state index in [1.165, 1.54) is 0 Å². The Bertz CT molecular complexity index is 929. The Balaban J connectivity index is 1.56. The van der Waals surface area contributed by atoms with Crippen LogP contribution in [0.2, 0.25) is 0 Å². The molecule has 2 aromatic carbocycles. The molecule has 0 aromatic heterocycles. The molecule has 7 nitrogen and oxygen atoms in total. The lowest BCUT2D eigenvalue weighted by Crippen LogP contribution is -2.44. The topological polar surface area (TPSA) is 105 Å². The normalized spacial score (nSPS) is 14.1. The third kappa shape index (κ3) is 5.46. The molecule has 0 fully saturated rings. The smallest absolute Gasteiger partial charge is 0.407 e. The van der Waals surface area contributed by atoms with Crippen molar-refractivity contribution in [3.8, 4) is 11.1 Å². The fourth-order valence-corrected chi connectivity index (χ4v) is 4.13. The fraction of sp³-hybridized carbons (Fsp3) is 0.400. The number of carbonyl (C=O) groups is 3. The number of carboxylic acid groups (broad SMARTS) is 1. The third-order valence-electron chi connectivity index (χ3n) is 5.80. The van der Waals surface area contributed by atoms with Crippen molar-refractivity contribution >= 4 is 18.0 Å². The van der Waals surface area contributed by atoms with E-state index in [0.29, 0.717) is 19.3 Å². The molecule has 0 saturated heterocycles. The Kier molecular flexibility index (Phi) is 7.87. The van der Waals surface area contributed by atoms with Crippen LogP contribution >= 0.6 is 0 Å². The van der Waals surface area contributed by atoms with Gasteiger partial charge in [-0.15, -0.1) is 0 Å². The van der Waals surface area contributed by atoms with Crippen LogP contribution in [0.25, 0.3) is 11.1 Å². The van der Waals surface area contributed by atoms with E-state index in [-0.39, 0.29) is 18.9 Å². The molecule has 2 atom stereocenters. The zero-order chi connectivity index (χ0) is 23.1. The maximum absolute atomic E-state index is 12.4. The van der Waals surface area contributed by atoms with Crippen molar-refractivity contribution < 1.29 is 24.2 Å². The van der Waals surface area contributed by atoms with E-state index >= 15 is 0 Å². The fourth-order valence-electron chi connectivity index (χ4n) is 4.13. The predicted molar refractivity (Wildman–Crippen MR) is 121 cm³/mol. The highest BCUT2D eigenvalue weighted by Gasteiger charge is 2.29. The summed E-state index contributed by atoms with van der Waals surface area (Å²) in [7, 11) is 0. The Morgan fingerprint density at radius 2 is 1.56 bits per heavy atom. The molecular weight excluding hydrogens is 408 g/mol. The van der Waals surface area contributed by atoms with Gasteiger partial charge in [-0.3, -0.25) is 4.79 Å². The predicted octanol–water partition coefficient (Wildman–Crippen LogP) is 4.06. The number of hydrogen-bond acceptors (Lipinski definition) is 4. The molecule has 0 radical (unpaired) electrons. The molecule has 32 heavy (non-hydrogen) atoms. The minimum atomic E-state index is -1.06. The molecule has 0 bridgehead atoms. The number of hydrogen-bond donors (Lipinski definition) is 3. The van der Waals surface area contributed by atoms with Crippen molar-refractivity contribution in [1.82, 2.24) is 10.6 Å². The lowest BCUT2D eigenvalue weighted by Gasteiger charge is -2.20. The standard InChI is InChI=1S/C25H30N2O5/c1-3-9-22(24(29)30)27-23(28)14-16(4-2)26-25(31)32-15-21-19-12-7-5-10-17(19)18-11-6-8-13-20(18)21/h5-8,10-13,16,21-22H,3-4,9,14-15H2,1-2H3,(H,26,31)(H,27,28)(H,29,30)/t16?,22-/m0/s1. The van der Waals surface area contributed by atoms with Gasteiger partial charge in [-0.05, 0) is 35.1 Å². The minimum absolute atomic E-state index is 0.00576. The van der Waals surface area contributed by atoms with Gasteiger partial charge >= 0.3 is 12.1 Å². The van der Waals surface area contributed by atoms with Gasteiger partial charge in [0, 0.05) is 18.4 Å². The first-order valence-corrected chi connectivity index (χ1v) is 11.1. The number of rotatable bonds is 10. The number of benzene rings is 2. The highest BCUT2D eigenvalue weighted by Crippen LogP contribution is 2.44. The Hall–Kier alpha value is -3.35. The second kappa shape index (κ2) is 10.8. The van der Waals surface area contributed by atoms with E-state index < -0.39 is 30.1 Å². The van der Waals surface area contributed by atoms with Gasteiger partial charge in [0.05, 0.1) is 0 Å². The van der Waals surface area contributed by atoms with Crippen LogP contribution in [-0.4, -0.2) is 41.8 Å². The maximum atomic E-state index is 12.4. The summed E-state index contributed by atoms with van der Waals surface area (Å²) in [6.07, 6.45) is 0.927. The van der Waals surface area contributed by atoms with Gasteiger partial charge in [0.2, 0.25) is 5.91 Å². The van der Waals surface area contributed by atoms with Crippen LogP contribution in [0.5, 0.6) is 0 Å². The second-order valence-corrected chi connectivity index (χ2v) is 8.03. The van der Waals surface area contributed by atoms with Gasteiger partial charge in [0.1, 0.15) is 12.6 Å². The van der Waals surface area contributed by atoms with Crippen molar-refractivity contribution in [2.24, 2.45) is 0 Å². The van der Waals surface area contributed by atoms with Crippen LogP contribution in [-0.2, 0) is 14.3 Å². The first kappa shape index (κ1) is 23.3. The number of alkyl carbamates (subject to hydrolysis) is 1. The van der Waals surface area contributed by atoms with Crippen molar-refractivity contribution in [2.75, 3.05) is 6.61 Å². The zero-order valence-corrected chi connectivity index (χ0v) is 18.5. The summed E-state index contributed by atoms with van der Waals surface area (Å²) in [4.78, 5) is 35.9. The largest absolute Gasteiger partial charge is 0.480 e. The molecule has 170 valence electrons. The van der Waals surface area contributed by atoms with Gasteiger partial charge in [0.15, 0.2) is 0 Å². The summed E-state index contributed by atoms with van der Waals surface area (Å²) in [6, 6.07) is 14.8. The highest BCUT2D eigenvalue weighted by atomic mass is 16.5. The van der Waals surface area contributed by atoms with E-state index in [2.05, 4.69) is 34.9 Å².